The summed E-state index contributed by atoms with van der Waals surface area (Å²) in [5, 5.41) is 0.438. The third-order valence-corrected chi connectivity index (χ3v) is 3.99. The summed E-state index contributed by atoms with van der Waals surface area (Å²) >= 11 is 5.85. The van der Waals surface area contributed by atoms with Gasteiger partial charge in [0, 0.05) is 18.7 Å². The molecule has 1 amide bonds. The Hall–Kier alpha value is -1.75. The first-order valence-electron chi connectivity index (χ1n) is 7.04. The number of piperidine rings is 1. The molecule has 1 aromatic carbocycles. The van der Waals surface area contributed by atoms with Gasteiger partial charge < -0.3 is 15.4 Å². The zero-order valence-electron chi connectivity index (χ0n) is 12.0. The fraction of sp³-hybridized carbons (Fsp3) is 0.467. The van der Waals surface area contributed by atoms with E-state index in [1.54, 1.807) is 30.0 Å². The van der Waals surface area contributed by atoms with Crippen molar-refractivity contribution in [3.63, 3.8) is 0 Å². The number of nitrogens with two attached hydrogens (primary N) is 1. The highest BCUT2D eigenvalue weighted by atomic mass is 35.5. The Labute approximate surface area is 129 Å². The summed E-state index contributed by atoms with van der Waals surface area (Å²) in [6, 6.07) is 4.87. The van der Waals surface area contributed by atoms with Crippen LogP contribution in [0, 0.1) is 5.92 Å². The summed E-state index contributed by atoms with van der Waals surface area (Å²) in [4.78, 5) is 25.8. The molecule has 0 bridgehead atoms. The molecule has 1 heterocycles. The number of benzene rings is 1. The molecule has 6 heteroatoms. The number of ether oxygens (including phenoxy) is 1. The molecule has 1 saturated heterocycles. The highest BCUT2D eigenvalue weighted by Crippen LogP contribution is 2.23. The van der Waals surface area contributed by atoms with Gasteiger partial charge in [-0.15, -0.1) is 0 Å². The number of anilines is 1. The molecular formula is C15H19ClN2O3. The second kappa shape index (κ2) is 6.80. The van der Waals surface area contributed by atoms with Gasteiger partial charge in [-0.25, -0.2) is 0 Å². The second-order valence-corrected chi connectivity index (χ2v) is 5.46. The monoisotopic (exact) mass is 310 g/mol. The lowest BCUT2D eigenvalue weighted by Crippen LogP contribution is -2.40. The number of likely N-dealkylation sites (tertiary alicyclic amines) is 1. The SMILES string of the molecule is CCOC(=O)C1CCN(C(=O)c2ccc(Cl)c(N)c2)CC1. The molecule has 1 aliphatic rings. The number of rotatable bonds is 3. The van der Waals surface area contributed by atoms with Crippen molar-refractivity contribution in [2.75, 3.05) is 25.4 Å². The van der Waals surface area contributed by atoms with E-state index in [1.165, 1.54) is 0 Å². The van der Waals surface area contributed by atoms with Crippen molar-refractivity contribution in [1.29, 1.82) is 0 Å². The first-order valence-corrected chi connectivity index (χ1v) is 7.41. The van der Waals surface area contributed by atoms with E-state index in [2.05, 4.69) is 0 Å². The van der Waals surface area contributed by atoms with Crippen molar-refractivity contribution in [2.45, 2.75) is 19.8 Å². The topological polar surface area (TPSA) is 72.6 Å². The molecule has 0 radical (unpaired) electrons. The third-order valence-electron chi connectivity index (χ3n) is 3.65. The zero-order chi connectivity index (χ0) is 15.4. The molecule has 0 saturated carbocycles. The van der Waals surface area contributed by atoms with Gasteiger partial charge in [-0.2, -0.15) is 0 Å². The number of hydrogen-bond donors (Lipinski definition) is 1. The Morgan fingerprint density at radius 3 is 2.62 bits per heavy atom. The predicted octanol–water partition coefficient (Wildman–Crippen LogP) is 2.34. The zero-order valence-corrected chi connectivity index (χ0v) is 12.7. The van der Waals surface area contributed by atoms with Crippen molar-refractivity contribution >= 4 is 29.2 Å². The van der Waals surface area contributed by atoms with E-state index >= 15 is 0 Å². The first-order chi connectivity index (χ1) is 10.0. The van der Waals surface area contributed by atoms with Crippen molar-refractivity contribution in [3.8, 4) is 0 Å². The summed E-state index contributed by atoms with van der Waals surface area (Å²) in [5.41, 5.74) is 6.63. The van der Waals surface area contributed by atoms with Crippen LogP contribution in [0.4, 0.5) is 5.69 Å². The number of carbonyl (C=O) groups is 2. The molecule has 2 rings (SSSR count). The molecule has 1 fully saturated rings. The minimum Gasteiger partial charge on any atom is -0.466 e. The van der Waals surface area contributed by atoms with Crippen LogP contribution in [0.15, 0.2) is 18.2 Å². The van der Waals surface area contributed by atoms with Crippen LogP contribution in [-0.2, 0) is 9.53 Å². The lowest BCUT2D eigenvalue weighted by atomic mass is 9.96. The Balaban J connectivity index is 1.97. The van der Waals surface area contributed by atoms with E-state index in [0.717, 1.165) is 0 Å². The van der Waals surface area contributed by atoms with Crippen LogP contribution in [0.1, 0.15) is 30.1 Å². The molecule has 0 aromatic heterocycles. The smallest absolute Gasteiger partial charge is 0.309 e. The van der Waals surface area contributed by atoms with E-state index in [4.69, 9.17) is 22.1 Å². The van der Waals surface area contributed by atoms with Crippen molar-refractivity contribution < 1.29 is 14.3 Å². The minimum absolute atomic E-state index is 0.0827. The molecule has 114 valence electrons. The van der Waals surface area contributed by atoms with Gasteiger partial charge in [-0.05, 0) is 38.0 Å². The number of carbonyl (C=O) groups excluding carboxylic acids is 2. The maximum absolute atomic E-state index is 12.4. The number of esters is 1. The highest BCUT2D eigenvalue weighted by Gasteiger charge is 2.28. The third kappa shape index (κ3) is 3.67. The molecule has 0 spiro atoms. The van der Waals surface area contributed by atoms with Crippen LogP contribution < -0.4 is 5.73 Å². The van der Waals surface area contributed by atoms with Gasteiger partial charge in [-0.1, -0.05) is 11.6 Å². The van der Waals surface area contributed by atoms with Crippen LogP contribution in [0.25, 0.3) is 0 Å². The second-order valence-electron chi connectivity index (χ2n) is 5.05. The summed E-state index contributed by atoms with van der Waals surface area (Å²) in [7, 11) is 0. The lowest BCUT2D eigenvalue weighted by Gasteiger charge is -2.31. The van der Waals surface area contributed by atoms with E-state index in [0.29, 0.717) is 48.8 Å². The van der Waals surface area contributed by atoms with Gasteiger partial charge in [0.1, 0.15) is 0 Å². The maximum Gasteiger partial charge on any atom is 0.309 e. The van der Waals surface area contributed by atoms with Crippen LogP contribution in [0.2, 0.25) is 5.02 Å². The molecular weight excluding hydrogens is 292 g/mol. The van der Waals surface area contributed by atoms with Crippen LogP contribution >= 0.6 is 11.6 Å². The van der Waals surface area contributed by atoms with Gasteiger partial charge in [0.2, 0.25) is 0 Å². The molecule has 5 nitrogen and oxygen atoms in total. The standard InChI is InChI=1S/C15H19ClN2O3/c1-2-21-15(20)10-5-7-18(8-6-10)14(19)11-3-4-12(16)13(17)9-11/h3-4,9-10H,2,5-8,17H2,1H3. The van der Waals surface area contributed by atoms with Gasteiger partial charge in [-0.3, -0.25) is 9.59 Å². The Morgan fingerprint density at radius 1 is 1.38 bits per heavy atom. The lowest BCUT2D eigenvalue weighted by molar-refractivity contribution is -0.149. The normalized spacial score (nSPS) is 15.8. The molecule has 1 aliphatic heterocycles. The number of hydrogen-bond acceptors (Lipinski definition) is 4. The molecule has 1 aromatic rings. The molecule has 21 heavy (non-hydrogen) atoms. The summed E-state index contributed by atoms with van der Waals surface area (Å²) in [6.45, 7) is 3.28. The Morgan fingerprint density at radius 2 is 2.05 bits per heavy atom. The average molecular weight is 311 g/mol. The van der Waals surface area contributed by atoms with Crippen molar-refractivity contribution in [1.82, 2.24) is 4.90 Å². The minimum atomic E-state index is -0.166. The van der Waals surface area contributed by atoms with Gasteiger partial charge in [0.05, 0.1) is 23.2 Å². The van der Waals surface area contributed by atoms with E-state index in [1.807, 2.05) is 0 Å². The molecule has 0 atom stereocenters. The van der Waals surface area contributed by atoms with Crippen molar-refractivity contribution in [2.24, 2.45) is 5.92 Å². The van der Waals surface area contributed by atoms with Crippen LogP contribution in [-0.4, -0.2) is 36.5 Å². The molecule has 0 aliphatic carbocycles. The van der Waals surface area contributed by atoms with Crippen LogP contribution in [0.5, 0.6) is 0 Å². The average Bonchev–Trinajstić information content (AvgIpc) is 2.50. The molecule has 0 unspecified atom stereocenters. The fourth-order valence-electron chi connectivity index (χ4n) is 2.44. The van der Waals surface area contributed by atoms with E-state index in [9.17, 15) is 9.59 Å². The first kappa shape index (κ1) is 15.6. The summed E-state index contributed by atoms with van der Waals surface area (Å²) < 4.78 is 5.02. The summed E-state index contributed by atoms with van der Waals surface area (Å²) in [6.07, 6.45) is 1.27. The molecule has 2 N–H and O–H groups in total. The highest BCUT2D eigenvalue weighted by molar-refractivity contribution is 6.33. The fourth-order valence-corrected chi connectivity index (χ4v) is 2.56. The van der Waals surface area contributed by atoms with E-state index in [-0.39, 0.29) is 17.8 Å². The van der Waals surface area contributed by atoms with Gasteiger partial charge >= 0.3 is 5.97 Å². The number of nitrogen functional groups attached to an aromatic ring is 1. The van der Waals surface area contributed by atoms with Gasteiger partial charge in [0.15, 0.2) is 0 Å². The summed E-state index contributed by atoms with van der Waals surface area (Å²) in [5.74, 6) is -0.356. The largest absolute Gasteiger partial charge is 0.466 e. The number of amides is 1. The van der Waals surface area contributed by atoms with Crippen LogP contribution in [0.3, 0.4) is 0 Å². The van der Waals surface area contributed by atoms with Gasteiger partial charge in [0.25, 0.3) is 5.91 Å². The quantitative estimate of drug-likeness (QED) is 0.687. The van der Waals surface area contributed by atoms with E-state index < -0.39 is 0 Å². The van der Waals surface area contributed by atoms with Crippen molar-refractivity contribution in [3.05, 3.63) is 28.8 Å². The number of nitrogens with zero attached hydrogens (tertiary/aromatic N) is 1. The maximum atomic E-state index is 12.4. The Kier molecular flexibility index (Phi) is 5.07. The Bertz CT molecular complexity index is 540. The number of halogens is 1. The predicted molar refractivity (Wildman–Crippen MR) is 81.1 cm³/mol.